The van der Waals surface area contributed by atoms with E-state index in [9.17, 15) is 9.59 Å². The van der Waals surface area contributed by atoms with Crippen molar-refractivity contribution in [3.63, 3.8) is 0 Å². The van der Waals surface area contributed by atoms with E-state index in [4.69, 9.17) is 4.42 Å². The van der Waals surface area contributed by atoms with Crippen LogP contribution in [0, 0.1) is 6.92 Å². The highest BCUT2D eigenvalue weighted by molar-refractivity contribution is 9.10. The largest absolute Gasteiger partial charge is 0.450 e. The minimum absolute atomic E-state index is 0.305. The summed E-state index contributed by atoms with van der Waals surface area (Å²) >= 11 is 4.11. The molecule has 2 heterocycles. The van der Waals surface area contributed by atoms with Crippen LogP contribution in [0.3, 0.4) is 0 Å². The van der Waals surface area contributed by atoms with Crippen LogP contribution in [0.5, 0.6) is 0 Å². The summed E-state index contributed by atoms with van der Waals surface area (Å²) < 4.78 is 5.91. The molecule has 6 heteroatoms. The number of amides is 2. The second-order valence-corrected chi connectivity index (χ2v) is 6.27. The van der Waals surface area contributed by atoms with E-state index >= 15 is 0 Å². The van der Waals surface area contributed by atoms with Gasteiger partial charge >= 0.3 is 0 Å². The summed E-state index contributed by atoms with van der Waals surface area (Å²) in [5, 5.41) is -0.305. The predicted molar refractivity (Wildman–Crippen MR) is 86.0 cm³/mol. The molecular weight excluding hydrogens is 354 g/mol. The molecule has 0 N–H and O–H groups in total. The zero-order valence-electron chi connectivity index (χ0n) is 11.0. The standard InChI is InChI=1S/C15H10BrNO3S/c1-9-2-4-10(5-3-9)17-14(18)12(21-15(17)19)8-11-6-7-13(16)20-11/h2-8H,1H3/b12-8+. The fourth-order valence-corrected chi connectivity index (χ4v) is 3.06. The number of hydrogen-bond donors (Lipinski definition) is 0. The van der Waals surface area contributed by atoms with Gasteiger partial charge < -0.3 is 4.42 Å². The topological polar surface area (TPSA) is 50.5 Å². The van der Waals surface area contributed by atoms with E-state index in [1.165, 1.54) is 4.90 Å². The quantitative estimate of drug-likeness (QED) is 0.732. The Morgan fingerprint density at radius 2 is 1.86 bits per heavy atom. The first-order valence-corrected chi connectivity index (χ1v) is 7.75. The van der Waals surface area contributed by atoms with Crippen molar-refractivity contribution in [2.45, 2.75) is 6.92 Å². The molecule has 106 valence electrons. The van der Waals surface area contributed by atoms with Gasteiger partial charge in [0.1, 0.15) is 5.76 Å². The number of carbonyl (C=O) groups excluding carboxylic acids is 2. The Labute approximate surface area is 133 Å². The van der Waals surface area contributed by atoms with Gasteiger partial charge in [-0.1, -0.05) is 17.7 Å². The molecule has 0 saturated carbocycles. The molecule has 0 radical (unpaired) electrons. The molecule has 1 aromatic carbocycles. The first kappa shape index (κ1) is 14.2. The van der Waals surface area contributed by atoms with Crippen molar-refractivity contribution in [1.82, 2.24) is 0 Å². The minimum atomic E-state index is -0.332. The van der Waals surface area contributed by atoms with Gasteiger partial charge in [0.05, 0.1) is 10.6 Å². The molecule has 1 fully saturated rings. The number of furan rings is 1. The van der Waals surface area contributed by atoms with Gasteiger partial charge in [-0.2, -0.15) is 0 Å². The van der Waals surface area contributed by atoms with Gasteiger partial charge in [0.25, 0.3) is 11.1 Å². The smallest absolute Gasteiger partial charge is 0.298 e. The van der Waals surface area contributed by atoms with E-state index in [1.54, 1.807) is 30.3 Å². The van der Waals surface area contributed by atoms with E-state index < -0.39 is 0 Å². The van der Waals surface area contributed by atoms with Crippen molar-refractivity contribution in [2.75, 3.05) is 4.90 Å². The van der Waals surface area contributed by atoms with Crippen molar-refractivity contribution in [3.05, 3.63) is 57.3 Å². The van der Waals surface area contributed by atoms with Crippen LogP contribution >= 0.6 is 27.7 Å². The number of nitrogens with zero attached hydrogens (tertiary/aromatic N) is 1. The molecule has 1 aliphatic heterocycles. The molecule has 0 spiro atoms. The molecule has 0 unspecified atom stereocenters. The Balaban J connectivity index is 1.92. The number of imide groups is 1. The third-order valence-electron chi connectivity index (χ3n) is 2.95. The zero-order valence-corrected chi connectivity index (χ0v) is 13.4. The molecule has 2 amide bonds. The Morgan fingerprint density at radius 1 is 1.14 bits per heavy atom. The number of benzene rings is 1. The molecule has 21 heavy (non-hydrogen) atoms. The molecular formula is C15H10BrNO3S. The molecule has 1 aliphatic rings. The summed E-state index contributed by atoms with van der Waals surface area (Å²) in [6.07, 6.45) is 1.57. The summed E-state index contributed by atoms with van der Waals surface area (Å²) in [5.74, 6) is 0.192. The lowest BCUT2D eigenvalue weighted by Gasteiger charge is -2.12. The third-order valence-corrected chi connectivity index (χ3v) is 4.25. The summed E-state index contributed by atoms with van der Waals surface area (Å²) in [6, 6.07) is 10.7. The highest BCUT2D eigenvalue weighted by Crippen LogP contribution is 2.36. The molecule has 0 atom stereocenters. The van der Waals surface area contributed by atoms with E-state index in [0.29, 0.717) is 21.0 Å². The van der Waals surface area contributed by atoms with Crippen LogP contribution in [0.1, 0.15) is 11.3 Å². The summed E-state index contributed by atoms with van der Waals surface area (Å²) in [5.41, 5.74) is 1.65. The molecule has 3 rings (SSSR count). The molecule has 1 aromatic heterocycles. The van der Waals surface area contributed by atoms with Crippen molar-refractivity contribution in [1.29, 1.82) is 0 Å². The lowest BCUT2D eigenvalue weighted by atomic mass is 10.2. The summed E-state index contributed by atoms with van der Waals surface area (Å²) in [7, 11) is 0. The van der Waals surface area contributed by atoms with Crippen molar-refractivity contribution in [2.24, 2.45) is 0 Å². The Bertz CT molecular complexity index is 749. The van der Waals surface area contributed by atoms with Gasteiger partial charge in [0.2, 0.25) is 0 Å². The van der Waals surface area contributed by atoms with Crippen LogP contribution in [0.15, 0.2) is 50.4 Å². The normalized spacial score (nSPS) is 17.0. The SMILES string of the molecule is Cc1ccc(N2C(=O)S/C(=C/c3ccc(Br)o3)C2=O)cc1. The number of aryl methyl sites for hydroxylation is 1. The highest BCUT2D eigenvalue weighted by atomic mass is 79.9. The molecule has 0 bridgehead atoms. The van der Waals surface area contributed by atoms with Crippen LogP contribution in [0.25, 0.3) is 6.08 Å². The van der Waals surface area contributed by atoms with Gasteiger partial charge in [-0.15, -0.1) is 0 Å². The molecule has 2 aromatic rings. The van der Waals surface area contributed by atoms with Crippen molar-refractivity contribution >= 4 is 50.6 Å². The zero-order chi connectivity index (χ0) is 15.0. The Morgan fingerprint density at radius 3 is 2.48 bits per heavy atom. The van der Waals surface area contributed by atoms with E-state index in [0.717, 1.165) is 17.3 Å². The molecule has 4 nitrogen and oxygen atoms in total. The van der Waals surface area contributed by atoms with Gasteiger partial charge in [0.15, 0.2) is 4.67 Å². The summed E-state index contributed by atoms with van der Waals surface area (Å²) in [6.45, 7) is 1.95. The Hall–Kier alpha value is -1.79. The van der Waals surface area contributed by atoms with Gasteiger partial charge in [-0.3, -0.25) is 9.59 Å². The monoisotopic (exact) mass is 363 g/mol. The van der Waals surface area contributed by atoms with Crippen LogP contribution < -0.4 is 4.90 Å². The molecule has 1 saturated heterocycles. The number of rotatable bonds is 2. The van der Waals surface area contributed by atoms with Gasteiger partial charge in [-0.25, -0.2) is 4.90 Å². The fraction of sp³-hybridized carbons (Fsp3) is 0.0667. The maximum atomic E-state index is 12.4. The van der Waals surface area contributed by atoms with E-state index in [2.05, 4.69) is 15.9 Å². The van der Waals surface area contributed by atoms with Crippen LogP contribution in [0.2, 0.25) is 0 Å². The average molecular weight is 364 g/mol. The fourth-order valence-electron chi connectivity index (χ4n) is 1.92. The van der Waals surface area contributed by atoms with Gasteiger partial charge in [0, 0.05) is 6.08 Å². The van der Waals surface area contributed by atoms with Crippen LogP contribution in [-0.4, -0.2) is 11.1 Å². The number of halogens is 1. The van der Waals surface area contributed by atoms with Crippen molar-refractivity contribution in [3.8, 4) is 0 Å². The Kier molecular flexibility index (Phi) is 3.73. The first-order chi connectivity index (χ1) is 10.0. The highest BCUT2D eigenvalue weighted by Gasteiger charge is 2.36. The second kappa shape index (κ2) is 5.54. The van der Waals surface area contributed by atoms with Crippen LogP contribution in [0.4, 0.5) is 10.5 Å². The van der Waals surface area contributed by atoms with Crippen LogP contribution in [-0.2, 0) is 4.79 Å². The lowest BCUT2D eigenvalue weighted by Crippen LogP contribution is -2.27. The minimum Gasteiger partial charge on any atom is -0.450 e. The average Bonchev–Trinajstić information content (AvgIpc) is 2.96. The number of thioether (sulfide) groups is 1. The number of hydrogen-bond acceptors (Lipinski definition) is 4. The third kappa shape index (κ3) is 2.82. The van der Waals surface area contributed by atoms with Crippen molar-refractivity contribution < 1.29 is 14.0 Å². The predicted octanol–water partition coefficient (Wildman–Crippen LogP) is 4.59. The van der Waals surface area contributed by atoms with E-state index in [-0.39, 0.29) is 11.1 Å². The molecule has 0 aliphatic carbocycles. The maximum Gasteiger partial charge on any atom is 0.298 e. The number of anilines is 1. The second-order valence-electron chi connectivity index (χ2n) is 4.49. The summed E-state index contributed by atoms with van der Waals surface area (Å²) in [4.78, 5) is 26.0. The lowest BCUT2D eigenvalue weighted by molar-refractivity contribution is -0.113. The first-order valence-electron chi connectivity index (χ1n) is 6.14. The maximum absolute atomic E-state index is 12.4. The van der Waals surface area contributed by atoms with E-state index in [1.807, 2.05) is 19.1 Å². The van der Waals surface area contributed by atoms with Gasteiger partial charge in [-0.05, 0) is 58.9 Å². The number of carbonyl (C=O) groups is 2.